The van der Waals surface area contributed by atoms with Gasteiger partial charge in [-0.05, 0) is 38.4 Å². The first-order valence-electron chi connectivity index (χ1n) is 6.99. The van der Waals surface area contributed by atoms with Gasteiger partial charge in [0.05, 0.1) is 6.54 Å². The van der Waals surface area contributed by atoms with Crippen LogP contribution in [-0.4, -0.2) is 33.1 Å². The van der Waals surface area contributed by atoms with Crippen LogP contribution in [0.3, 0.4) is 0 Å². The molecule has 1 unspecified atom stereocenters. The molecule has 2 heterocycles. The van der Waals surface area contributed by atoms with E-state index in [1.165, 1.54) is 0 Å². The van der Waals surface area contributed by atoms with Crippen molar-refractivity contribution >= 4 is 0 Å². The molecular weight excluding hydrogens is 252 g/mol. The minimum Gasteiger partial charge on any atom is -0.338 e. The van der Waals surface area contributed by atoms with E-state index in [0.717, 1.165) is 12.0 Å². The van der Waals surface area contributed by atoms with E-state index in [1.54, 1.807) is 12.4 Å². The molecule has 0 saturated carbocycles. The molecule has 0 fully saturated rings. The third-order valence-electron chi connectivity index (χ3n) is 3.36. The van der Waals surface area contributed by atoms with Gasteiger partial charge in [0, 0.05) is 24.0 Å². The van der Waals surface area contributed by atoms with E-state index in [0.29, 0.717) is 30.2 Å². The number of hydrogen-bond donors (Lipinski definition) is 0. The predicted molar refractivity (Wildman–Crippen MR) is 77.9 cm³/mol. The van der Waals surface area contributed by atoms with Crippen LogP contribution in [0.25, 0.3) is 11.4 Å². The first kappa shape index (κ1) is 14.7. The maximum absolute atomic E-state index is 5.32. The molecule has 5 nitrogen and oxygen atoms in total. The summed E-state index contributed by atoms with van der Waals surface area (Å²) >= 11 is 0. The average Bonchev–Trinajstić information content (AvgIpc) is 2.87. The second-order valence-electron chi connectivity index (χ2n) is 5.64. The Bertz CT molecular complexity index is 524. The Morgan fingerprint density at radius 3 is 2.55 bits per heavy atom. The van der Waals surface area contributed by atoms with Crippen LogP contribution in [0, 0.1) is 5.92 Å². The van der Waals surface area contributed by atoms with Gasteiger partial charge in [-0.15, -0.1) is 0 Å². The maximum Gasteiger partial charge on any atom is 0.241 e. The molecular formula is C15H22N4O. The lowest BCUT2D eigenvalue weighted by atomic mass is 10.0. The largest absolute Gasteiger partial charge is 0.338 e. The molecule has 108 valence electrons. The van der Waals surface area contributed by atoms with E-state index in [2.05, 4.69) is 47.8 Å². The van der Waals surface area contributed by atoms with Crippen LogP contribution in [0.5, 0.6) is 0 Å². The van der Waals surface area contributed by atoms with Gasteiger partial charge in [-0.2, -0.15) is 4.98 Å². The van der Waals surface area contributed by atoms with Crippen molar-refractivity contribution < 1.29 is 4.52 Å². The molecule has 0 bridgehead atoms. The normalized spacial score (nSPS) is 13.1. The van der Waals surface area contributed by atoms with Gasteiger partial charge in [-0.3, -0.25) is 9.88 Å². The van der Waals surface area contributed by atoms with E-state index < -0.39 is 0 Å². The van der Waals surface area contributed by atoms with E-state index in [4.69, 9.17) is 4.52 Å². The number of rotatable bonds is 6. The standard InChI is InChI=1S/C15H22N4O/c1-11(2)9-12(3)19(4)10-14-17-15(18-20-14)13-5-7-16-8-6-13/h5-8,11-12H,9-10H2,1-4H3. The van der Waals surface area contributed by atoms with Gasteiger partial charge in [0.15, 0.2) is 0 Å². The van der Waals surface area contributed by atoms with Gasteiger partial charge < -0.3 is 4.52 Å². The van der Waals surface area contributed by atoms with Crippen molar-refractivity contribution in [2.24, 2.45) is 5.92 Å². The van der Waals surface area contributed by atoms with Gasteiger partial charge in [0.25, 0.3) is 0 Å². The van der Waals surface area contributed by atoms with Crippen LogP contribution in [0.1, 0.15) is 33.1 Å². The van der Waals surface area contributed by atoms with E-state index in [1.807, 2.05) is 12.1 Å². The SMILES string of the molecule is CC(C)CC(C)N(C)Cc1nc(-c2ccncc2)no1. The van der Waals surface area contributed by atoms with E-state index in [-0.39, 0.29) is 0 Å². The fourth-order valence-electron chi connectivity index (χ4n) is 2.17. The molecule has 0 aliphatic carbocycles. The van der Waals surface area contributed by atoms with Crippen LogP contribution in [0.2, 0.25) is 0 Å². The van der Waals surface area contributed by atoms with Crippen molar-refractivity contribution in [1.82, 2.24) is 20.0 Å². The van der Waals surface area contributed by atoms with Crippen molar-refractivity contribution in [3.8, 4) is 11.4 Å². The molecule has 1 atom stereocenters. The molecule has 0 aliphatic heterocycles. The van der Waals surface area contributed by atoms with Crippen molar-refractivity contribution in [2.45, 2.75) is 39.8 Å². The zero-order valence-corrected chi connectivity index (χ0v) is 12.6. The number of aromatic nitrogens is 3. The van der Waals surface area contributed by atoms with Gasteiger partial charge in [-0.1, -0.05) is 19.0 Å². The summed E-state index contributed by atoms with van der Waals surface area (Å²) in [6.07, 6.45) is 4.60. The van der Waals surface area contributed by atoms with Crippen LogP contribution in [0.15, 0.2) is 29.0 Å². The fourth-order valence-corrected chi connectivity index (χ4v) is 2.17. The Balaban J connectivity index is 1.99. The van der Waals surface area contributed by atoms with E-state index in [9.17, 15) is 0 Å². The summed E-state index contributed by atoms with van der Waals surface area (Å²) < 4.78 is 5.32. The van der Waals surface area contributed by atoms with Gasteiger partial charge in [0.1, 0.15) is 0 Å². The zero-order valence-electron chi connectivity index (χ0n) is 12.6. The maximum atomic E-state index is 5.32. The second-order valence-corrected chi connectivity index (χ2v) is 5.64. The van der Waals surface area contributed by atoms with Crippen molar-refractivity contribution in [3.63, 3.8) is 0 Å². The lowest BCUT2D eigenvalue weighted by molar-refractivity contribution is 0.194. The number of hydrogen-bond acceptors (Lipinski definition) is 5. The Kier molecular flexibility index (Phi) is 4.84. The summed E-state index contributed by atoms with van der Waals surface area (Å²) in [7, 11) is 2.09. The van der Waals surface area contributed by atoms with Crippen LogP contribution >= 0.6 is 0 Å². The lowest BCUT2D eigenvalue weighted by Gasteiger charge is -2.24. The molecule has 0 spiro atoms. The first-order valence-corrected chi connectivity index (χ1v) is 6.99. The summed E-state index contributed by atoms with van der Waals surface area (Å²) in [5.41, 5.74) is 0.924. The highest BCUT2D eigenvalue weighted by Crippen LogP contribution is 2.16. The molecule has 2 rings (SSSR count). The Morgan fingerprint density at radius 1 is 1.20 bits per heavy atom. The highest BCUT2D eigenvalue weighted by molar-refractivity contribution is 5.52. The molecule has 0 radical (unpaired) electrons. The highest BCUT2D eigenvalue weighted by atomic mass is 16.5. The minimum atomic E-state index is 0.492. The summed E-state index contributed by atoms with van der Waals surface area (Å²) in [6, 6.07) is 4.24. The minimum absolute atomic E-state index is 0.492. The van der Waals surface area contributed by atoms with Gasteiger partial charge in [-0.25, -0.2) is 0 Å². The van der Waals surface area contributed by atoms with Crippen molar-refractivity contribution in [2.75, 3.05) is 7.05 Å². The molecule has 2 aromatic rings. The molecule has 0 saturated heterocycles. The molecule has 0 aliphatic rings. The third kappa shape index (κ3) is 3.87. The fraction of sp³-hybridized carbons (Fsp3) is 0.533. The molecule has 0 aromatic carbocycles. The smallest absolute Gasteiger partial charge is 0.241 e. The van der Waals surface area contributed by atoms with Crippen LogP contribution in [0.4, 0.5) is 0 Å². The van der Waals surface area contributed by atoms with Crippen LogP contribution in [-0.2, 0) is 6.54 Å². The quantitative estimate of drug-likeness (QED) is 0.810. The highest BCUT2D eigenvalue weighted by Gasteiger charge is 2.15. The Morgan fingerprint density at radius 2 is 1.90 bits per heavy atom. The summed E-state index contributed by atoms with van der Waals surface area (Å²) in [6.45, 7) is 7.36. The molecule has 0 N–H and O–H groups in total. The molecule has 5 heteroatoms. The van der Waals surface area contributed by atoms with Crippen LogP contribution < -0.4 is 0 Å². The van der Waals surface area contributed by atoms with Gasteiger partial charge in [0.2, 0.25) is 11.7 Å². The molecule has 20 heavy (non-hydrogen) atoms. The van der Waals surface area contributed by atoms with Crippen molar-refractivity contribution in [1.29, 1.82) is 0 Å². The Labute approximate surface area is 120 Å². The predicted octanol–water partition coefficient (Wildman–Crippen LogP) is 3.00. The monoisotopic (exact) mass is 274 g/mol. The molecule has 2 aromatic heterocycles. The summed E-state index contributed by atoms with van der Waals surface area (Å²) in [4.78, 5) is 10.7. The summed E-state index contributed by atoms with van der Waals surface area (Å²) in [5.74, 6) is 1.95. The molecule has 0 amide bonds. The number of pyridine rings is 1. The van der Waals surface area contributed by atoms with E-state index >= 15 is 0 Å². The Hall–Kier alpha value is -1.75. The van der Waals surface area contributed by atoms with Crippen molar-refractivity contribution in [3.05, 3.63) is 30.4 Å². The number of nitrogens with zero attached hydrogens (tertiary/aromatic N) is 4. The summed E-state index contributed by atoms with van der Waals surface area (Å²) in [5, 5.41) is 4.02. The van der Waals surface area contributed by atoms with Gasteiger partial charge >= 0.3 is 0 Å². The second kappa shape index (κ2) is 6.61. The topological polar surface area (TPSA) is 55.1 Å². The average molecular weight is 274 g/mol. The lowest BCUT2D eigenvalue weighted by Crippen LogP contribution is -2.29. The third-order valence-corrected chi connectivity index (χ3v) is 3.36. The first-order chi connectivity index (χ1) is 9.56. The zero-order chi connectivity index (χ0) is 14.5.